The molecule has 0 N–H and O–H groups in total. The lowest BCUT2D eigenvalue weighted by Crippen LogP contribution is -2.35. The van der Waals surface area contributed by atoms with Crippen molar-refractivity contribution < 1.29 is 47.7 Å². The maximum atomic E-state index is 13.6. The normalized spacial score (nSPS) is 13.2. The fraction of sp³-hybridized carbons (Fsp3) is 0.873. The molecule has 0 aliphatic rings. The van der Waals surface area contributed by atoms with E-state index in [0.29, 0.717) is 51.6 Å². The van der Waals surface area contributed by atoms with Gasteiger partial charge in [0.05, 0.1) is 6.61 Å². The van der Waals surface area contributed by atoms with E-state index in [0.717, 1.165) is 218 Å². The van der Waals surface area contributed by atoms with E-state index in [1.54, 1.807) is 0 Å². The molecule has 0 saturated heterocycles. The lowest BCUT2D eigenvalue weighted by molar-refractivity contribution is -0.169. The zero-order valence-electron chi connectivity index (χ0n) is 54.7. The van der Waals surface area contributed by atoms with Gasteiger partial charge in [0.25, 0.3) is 0 Å². The Kier molecular flexibility index (Phi) is 58.5. The van der Waals surface area contributed by atoms with Crippen molar-refractivity contribution in [2.75, 3.05) is 27.2 Å². The molecular weight excluding hydrogens is 1030 g/mol. The van der Waals surface area contributed by atoms with Gasteiger partial charge in [-0.05, 0) is 130 Å². The van der Waals surface area contributed by atoms with Crippen LogP contribution in [0.2, 0.25) is 0 Å². The SMILES string of the molecule is CCCCCCCCC(OC(=O)CCCCCCC/C=C\C[C@@H](CCCCCC)OC(=O)CCCCC)[C@@H](CCCCCCCC(=O)OCCCN(C)C)OC(=O)CCCCCCC/C=C\CC(CCCCCC)OC(=O)CCCCC. The molecule has 0 spiro atoms. The van der Waals surface area contributed by atoms with Gasteiger partial charge >= 0.3 is 29.8 Å². The van der Waals surface area contributed by atoms with Gasteiger partial charge in [0.1, 0.15) is 24.4 Å². The second kappa shape index (κ2) is 60.9. The Bertz CT molecular complexity index is 1530. The first-order valence-corrected chi connectivity index (χ1v) is 34.9. The first kappa shape index (κ1) is 78.8. The first-order chi connectivity index (χ1) is 40.0. The molecule has 0 aromatic carbocycles. The second-order valence-corrected chi connectivity index (χ2v) is 24.2. The van der Waals surface area contributed by atoms with Gasteiger partial charge < -0.3 is 28.6 Å². The topological polar surface area (TPSA) is 135 Å². The van der Waals surface area contributed by atoms with Crippen molar-refractivity contribution in [2.45, 2.75) is 374 Å². The highest BCUT2D eigenvalue weighted by Crippen LogP contribution is 2.24. The third kappa shape index (κ3) is 54.7. The summed E-state index contributed by atoms with van der Waals surface area (Å²) in [6, 6.07) is 0. The van der Waals surface area contributed by atoms with Crippen molar-refractivity contribution in [1.82, 2.24) is 4.90 Å². The molecule has 480 valence electrons. The van der Waals surface area contributed by atoms with E-state index in [1.165, 1.54) is 57.8 Å². The quantitative estimate of drug-likeness (QED) is 0.0249. The number of unbranched alkanes of at least 4 members (excludes halogenated alkanes) is 29. The molecule has 0 aliphatic heterocycles. The number of esters is 5. The summed E-state index contributed by atoms with van der Waals surface area (Å²) in [4.78, 5) is 66.5. The van der Waals surface area contributed by atoms with E-state index in [2.05, 4.69) is 63.8 Å². The van der Waals surface area contributed by atoms with Gasteiger partial charge in [-0.25, -0.2) is 0 Å². The number of carbonyl (C=O) groups is 5. The molecular formula is C71H131NO10. The standard InChI is InChI=1S/C71H131NO10/c1-8-13-18-21-33-44-54-65(81-70(76)59-47-35-28-24-22-26-31-42-52-63(50-40-19-14-9-2)79-68(74)57-38-16-11-4)66(55-45-34-30-37-46-56-67(73)78-62-49-61-72(6)7)82-71(77)60-48-36-29-25-23-27-32-43-53-64(51-41-20-15-10-3)80-69(75)58-39-17-12-5/h31-32,42-43,63-66H,8-30,33-41,44-62H2,1-7H3/b42-31-,43-32-/t63-,64?,65?,66-/m1/s1. The molecule has 11 heteroatoms. The summed E-state index contributed by atoms with van der Waals surface area (Å²) in [6.07, 6.45) is 54.5. The monoisotopic (exact) mass is 1160 g/mol. The van der Waals surface area contributed by atoms with E-state index in [9.17, 15) is 24.0 Å². The average molecular weight is 1160 g/mol. The van der Waals surface area contributed by atoms with Gasteiger partial charge in [-0.15, -0.1) is 0 Å². The number of hydrogen-bond donors (Lipinski definition) is 0. The number of allylic oxidation sites excluding steroid dienone is 2. The number of ether oxygens (including phenoxy) is 5. The zero-order valence-corrected chi connectivity index (χ0v) is 54.7. The largest absolute Gasteiger partial charge is 0.466 e. The molecule has 2 unspecified atom stereocenters. The Balaban J connectivity index is 5.40. The van der Waals surface area contributed by atoms with Crippen LogP contribution in [0.3, 0.4) is 0 Å². The Morgan fingerprint density at radius 3 is 1.00 bits per heavy atom. The maximum Gasteiger partial charge on any atom is 0.306 e. The lowest BCUT2D eigenvalue weighted by Gasteiger charge is -2.27. The number of hydrogen-bond acceptors (Lipinski definition) is 11. The van der Waals surface area contributed by atoms with Crippen LogP contribution in [0.15, 0.2) is 24.3 Å². The Morgan fingerprint density at radius 2 is 0.610 bits per heavy atom. The summed E-state index contributed by atoms with van der Waals surface area (Å²) in [7, 11) is 4.03. The van der Waals surface area contributed by atoms with Gasteiger partial charge in [-0.3, -0.25) is 24.0 Å². The lowest BCUT2D eigenvalue weighted by atomic mass is 9.99. The van der Waals surface area contributed by atoms with E-state index >= 15 is 0 Å². The minimum Gasteiger partial charge on any atom is -0.466 e. The number of nitrogens with zero attached hydrogens (tertiary/aromatic N) is 1. The van der Waals surface area contributed by atoms with Crippen LogP contribution >= 0.6 is 0 Å². The molecule has 82 heavy (non-hydrogen) atoms. The van der Waals surface area contributed by atoms with Crippen molar-refractivity contribution in [3.8, 4) is 0 Å². The molecule has 0 aromatic rings. The van der Waals surface area contributed by atoms with Crippen molar-refractivity contribution in [3.63, 3.8) is 0 Å². The Labute approximate surface area is 505 Å². The molecule has 0 saturated carbocycles. The fourth-order valence-electron chi connectivity index (χ4n) is 10.4. The van der Waals surface area contributed by atoms with Crippen LogP contribution < -0.4 is 0 Å². The van der Waals surface area contributed by atoms with Crippen LogP contribution in [-0.2, 0) is 47.7 Å². The summed E-state index contributed by atoms with van der Waals surface area (Å²) in [5.41, 5.74) is 0. The second-order valence-electron chi connectivity index (χ2n) is 24.2. The van der Waals surface area contributed by atoms with Crippen LogP contribution in [0.5, 0.6) is 0 Å². The average Bonchev–Trinajstić information content (AvgIpc) is 3.46. The molecule has 0 aliphatic carbocycles. The molecule has 0 bridgehead atoms. The minimum atomic E-state index is -0.473. The van der Waals surface area contributed by atoms with Crippen LogP contribution in [0.1, 0.15) is 349 Å². The third-order valence-corrected chi connectivity index (χ3v) is 15.7. The highest BCUT2D eigenvalue weighted by molar-refractivity contribution is 5.71. The molecule has 11 nitrogen and oxygen atoms in total. The zero-order chi connectivity index (χ0) is 60.2. The smallest absolute Gasteiger partial charge is 0.306 e. The Morgan fingerprint density at radius 1 is 0.317 bits per heavy atom. The van der Waals surface area contributed by atoms with E-state index in [4.69, 9.17) is 23.7 Å². The summed E-state index contributed by atoms with van der Waals surface area (Å²) in [5, 5.41) is 0. The van der Waals surface area contributed by atoms with Crippen molar-refractivity contribution >= 4 is 29.8 Å². The van der Waals surface area contributed by atoms with Gasteiger partial charge in [0.2, 0.25) is 0 Å². The van der Waals surface area contributed by atoms with E-state index < -0.39 is 12.2 Å². The highest BCUT2D eigenvalue weighted by Gasteiger charge is 2.28. The maximum absolute atomic E-state index is 13.6. The predicted molar refractivity (Wildman–Crippen MR) is 342 cm³/mol. The number of rotatable bonds is 62. The fourth-order valence-corrected chi connectivity index (χ4v) is 10.4. The van der Waals surface area contributed by atoms with E-state index in [-0.39, 0.29) is 42.1 Å². The van der Waals surface area contributed by atoms with Crippen molar-refractivity contribution in [1.29, 1.82) is 0 Å². The van der Waals surface area contributed by atoms with Gasteiger partial charge in [-0.2, -0.15) is 0 Å². The summed E-state index contributed by atoms with van der Waals surface area (Å²) >= 11 is 0. The summed E-state index contributed by atoms with van der Waals surface area (Å²) in [5.74, 6) is -0.625. The van der Waals surface area contributed by atoms with Gasteiger partial charge in [-0.1, -0.05) is 213 Å². The van der Waals surface area contributed by atoms with Gasteiger partial charge in [0.15, 0.2) is 0 Å². The van der Waals surface area contributed by atoms with Gasteiger partial charge in [0, 0.05) is 51.5 Å². The minimum absolute atomic E-state index is 0.0285. The van der Waals surface area contributed by atoms with Crippen molar-refractivity contribution in [3.05, 3.63) is 24.3 Å². The van der Waals surface area contributed by atoms with Crippen LogP contribution in [0.25, 0.3) is 0 Å². The molecule has 0 heterocycles. The third-order valence-electron chi connectivity index (χ3n) is 15.7. The molecule has 0 rings (SSSR count). The van der Waals surface area contributed by atoms with Crippen molar-refractivity contribution in [2.24, 2.45) is 0 Å². The van der Waals surface area contributed by atoms with Crippen LogP contribution in [0.4, 0.5) is 0 Å². The molecule has 4 atom stereocenters. The van der Waals surface area contributed by atoms with E-state index in [1.807, 2.05) is 14.1 Å². The highest BCUT2D eigenvalue weighted by atomic mass is 16.6. The predicted octanol–water partition coefficient (Wildman–Crippen LogP) is 20.1. The molecule has 0 fully saturated rings. The summed E-state index contributed by atoms with van der Waals surface area (Å²) in [6.45, 7) is 12.3. The molecule has 0 amide bonds. The summed E-state index contributed by atoms with van der Waals surface area (Å²) < 4.78 is 29.9. The van der Waals surface area contributed by atoms with Crippen LogP contribution in [0, 0.1) is 0 Å². The number of carbonyl (C=O) groups excluding carboxylic acids is 5. The molecule has 0 radical (unpaired) electrons. The first-order valence-electron chi connectivity index (χ1n) is 34.9. The van der Waals surface area contributed by atoms with Crippen LogP contribution in [-0.4, -0.2) is 86.4 Å². The Hall–Kier alpha value is -3.21. The molecule has 0 aromatic heterocycles.